The summed E-state index contributed by atoms with van der Waals surface area (Å²) in [6, 6.07) is 12.9. The van der Waals surface area contributed by atoms with Crippen LogP contribution in [0.5, 0.6) is 11.6 Å². The molecule has 0 atom stereocenters. The van der Waals surface area contributed by atoms with Crippen molar-refractivity contribution in [3.63, 3.8) is 0 Å². The maximum Gasteiger partial charge on any atom is 0.229 e. The average molecular weight is 350 g/mol. The molecule has 0 unspecified atom stereocenters. The Hall–Kier alpha value is -3.15. The molecule has 3 rings (SSSR count). The SMILES string of the molecule is Cc1nc(Oc2ccc(NC(=O)C(C)(C)C)cc2)cc(-n2cccc2)n1. The Morgan fingerprint density at radius 1 is 1.08 bits per heavy atom. The second kappa shape index (κ2) is 7.00. The van der Waals surface area contributed by atoms with Gasteiger partial charge in [0.25, 0.3) is 0 Å². The number of rotatable bonds is 4. The number of anilines is 1. The van der Waals surface area contributed by atoms with Crippen LogP contribution in [0.15, 0.2) is 54.9 Å². The fourth-order valence-corrected chi connectivity index (χ4v) is 2.24. The molecule has 0 fully saturated rings. The molecule has 3 aromatic rings. The molecule has 1 aromatic carbocycles. The number of nitrogens with zero attached hydrogens (tertiary/aromatic N) is 3. The minimum absolute atomic E-state index is 0.0334. The quantitative estimate of drug-likeness (QED) is 0.759. The summed E-state index contributed by atoms with van der Waals surface area (Å²) in [7, 11) is 0. The third-order valence-corrected chi connectivity index (χ3v) is 3.69. The molecule has 26 heavy (non-hydrogen) atoms. The largest absolute Gasteiger partial charge is 0.439 e. The highest BCUT2D eigenvalue weighted by molar-refractivity contribution is 5.94. The van der Waals surface area contributed by atoms with Crippen LogP contribution in [0.25, 0.3) is 5.82 Å². The lowest BCUT2D eigenvalue weighted by molar-refractivity contribution is -0.123. The molecule has 2 aromatic heterocycles. The number of nitrogens with one attached hydrogen (secondary N) is 1. The Morgan fingerprint density at radius 2 is 1.73 bits per heavy atom. The molecular weight excluding hydrogens is 328 g/mol. The van der Waals surface area contributed by atoms with Gasteiger partial charge in [0, 0.05) is 29.6 Å². The molecule has 0 saturated heterocycles. The summed E-state index contributed by atoms with van der Waals surface area (Å²) >= 11 is 0. The number of benzene rings is 1. The molecule has 0 aliphatic rings. The first kappa shape index (κ1) is 17.7. The lowest BCUT2D eigenvalue weighted by atomic mass is 9.95. The monoisotopic (exact) mass is 350 g/mol. The van der Waals surface area contributed by atoms with Crippen LogP contribution < -0.4 is 10.1 Å². The van der Waals surface area contributed by atoms with Gasteiger partial charge in [-0.05, 0) is 43.3 Å². The second-order valence-corrected chi connectivity index (χ2v) is 7.03. The van der Waals surface area contributed by atoms with Gasteiger partial charge in [0.05, 0.1) is 0 Å². The predicted molar refractivity (Wildman–Crippen MR) is 101 cm³/mol. The van der Waals surface area contributed by atoms with Crippen LogP contribution in [0, 0.1) is 12.3 Å². The fraction of sp³-hybridized carbons (Fsp3) is 0.250. The maximum atomic E-state index is 12.0. The van der Waals surface area contributed by atoms with Crippen LogP contribution in [0.2, 0.25) is 0 Å². The van der Waals surface area contributed by atoms with E-state index in [1.54, 1.807) is 30.3 Å². The molecule has 6 heteroatoms. The Bertz CT molecular complexity index is 895. The van der Waals surface area contributed by atoms with E-state index >= 15 is 0 Å². The third-order valence-electron chi connectivity index (χ3n) is 3.69. The smallest absolute Gasteiger partial charge is 0.229 e. The molecule has 2 heterocycles. The Balaban J connectivity index is 1.74. The fourth-order valence-electron chi connectivity index (χ4n) is 2.24. The number of amides is 1. The van der Waals surface area contributed by atoms with E-state index in [0.29, 0.717) is 17.5 Å². The Morgan fingerprint density at radius 3 is 2.35 bits per heavy atom. The zero-order chi connectivity index (χ0) is 18.7. The predicted octanol–water partition coefficient (Wildman–Crippen LogP) is 4.35. The maximum absolute atomic E-state index is 12.0. The number of aryl methyl sites for hydroxylation is 1. The number of hydrogen-bond donors (Lipinski definition) is 1. The number of ether oxygens (including phenoxy) is 1. The van der Waals surface area contributed by atoms with Crippen molar-refractivity contribution in [1.29, 1.82) is 0 Å². The first-order valence-electron chi connectivity index (χ1n) is 8.40. The molecular formula is C20H22N4O2. The first-order valence-corrected chi connectivity index (χ1v) is 8.40. The highest BCUT2D eigenvalue weighted by Crippen LogP contribution is 2.24. The highest BCUT2D eigenvalue weighted by Gasteiger charge is 2.21. The van der Waals surface area contributed by atoms with Crippen molar-refractivity contribution < 1.29 is 9.53 Å². The van der Waals surface area contributed by atoms with Crippen LogP contribution >= 0.6 is 0 Å². The van der Waals surface area contributed by atoms with E-state index in [1.165, 1.54) is 0 Å². The van der Waals surface area contributed by atoms with Crippen molar-refractivity contribution in [1.82, 2.24) is 14.5 Å². The molecule has 1 N–H and O–H groups in total. The molecule has 0 radical (unpaired) electrons. The summed E-state index contributed by atoms with van der Waals surface area (Å²) in [6.07, 6.45) is 3.83. The molecule has 0 bridgehead atoms. The molecule has 1 amide bonds. The molecule has 0 aliphatic carbocycles. The van der Waals surface area contributed by atoms with Gasteiger partial charge in [0.15, 0.2) is 0 Å². The topological polar surface area (TPSA) is 69.0 Å². The van der Waals surface area contributed by atoms with Gasteiger partial charge in [0.2, 0.25) is 11.8 Å². The highest BCUT2D eigenvalue weighted by atomic mass is 16.5. The summed E-state index contributed by atoms with van der Waals surface area (Å²) in [4.78, 5) is 20.8. The molecule has 0 spiro atoms. The van der Waals surface area contributed by atoms with Gasteiger partial charge in [-0.15, -0.1) is 0 Å². The van der Waals surface area contributed by atoms with Gasteiger partial charge in [-0.25, -0.2) is 4.98 Å². The van der Waals surface area contributed by atoms with Gasteiger partial charge in [-0.3, -0.25) is 4.79 Å². The standard InChI is InChI=1S/C20H22N4O2/c1-14-21-17(24-11-5-6-12-24)13-18(22-14)26-16-9-7-15(8-10-16)23-19(25)20(2,3)4/h5-13H,1-4H3,(H,23,25). The van der Waals surface area contributed by atoms with Crippen molar-refractivity contribution in [2.45, 2.75) is 27.7 Å². The van der Waals surface area contributed by atoms with Crippen LogP contribution in [-0.4, -0.2) is 20.4 Å². The van der Waals surface area contributed by atoms with Gasteiger partial charge >= 0.3 is 0 Å². The zero-order valence-corrected chi connectivity index (χ0v) is 15.4. The Kier molecular flexibility index (Phi) is 4.75. The summed E-state index contributed by atoms with van der Waals surface area (Å²) in [5.74, 6) is 2.43. The lowest BCUT2D eigenvalue weighted by Gasteiger charge is -2.17. The van der Waals surface area contributed by atoms with Gasteiger partial charge < -0.3 is 14.6 Å². The summed E-state index contributed by atoms with van der Waals surface area (Å²) in [5.41, 5.74) is 0.284. The van der Waals surface area contributed by atoms with Crippen LogP contribution in [0.4, 0.5) is 5.69 Å². The minimum Gasteiger partial charge on any atom is -0.439 e. The van der Waals surface area contributed by atoms with E-state index in [4.69, 9.17) is 4.74 Å². The van der Waals surface area contributed by atoms with Crippen molar-refractivity contribution in [3.8, 4) is 17.4 Å². The molecule has 134 valence electrons. The zero-order valence-electron chi connectivity index (χ0n) is 15.4. The summed E-state index contributed by atoms with van der Waals surface area (Å²) in [6.45, 7) is 7.45. The summed E-state index contributed by atoms with van der Waals surface area (Å²) < 4.78 is 7.74. The van der Waals surface area contributed by atoms with E-state index in [1.807, 2.05) is 56.8 Å². The first-order chi connectivity index (χ1) is 12.3. The molecule has 0 aliphatic heterocycles. The van der Waals surface area contributed by atoms with Crippen LogP contribution in [0.1, 0.15) is 26.6 Å². The minimum atomic E-state index is -0.442. The Labute approximate surface area is 152 Å². The van der Waals surface area contributed by atoms with E-state index in [0.717, 1.165) is 11.5 Å². The number of carbonyl (C=O) groups is 1. The van der Waals surface area contributed by atoms with Crippen molar-refractivity contribution >= 4 is 11.6 Å². The van der Waals surface area contributed by atoms with E-state index in [9.17, 15) is 4.79 Å². The average Bonchev–Trinajstić information content (AvgIpc) is 3.10. The molecule has 6 nitrogen and oxygen atoms in total. The molecule has 0 saturated carbocycles. The summed E-state index contributed by atoms with van der Waals surface area (Å²) in [5, 5.41) is 2.89. The lowest BCUT2D eigenvalue weighted by Crippen LogP contribution is -2.27. The normalized spacial score (nSPS) is 11.2. The van der Waals surface area contributed by atoms with Crippen molar-refractivity contribution in [3.05, 3.63) is 60.7 Å². The number of hydrogen-bond acceptors (Lipinski definition) is 4. The number of carbonyl (C=O) groups excluding carboxylic acids is 1. The number of aromatic nitrogens is 3. The van der Waals surface area contributed by atoms with E-state index in [-0.39, 0.29) is 5.91 Å². The second-order valence-electron chi connectivity index (χ2n) is 7.03. The van der Waals surface area contributed by atoms with Crippen molar-refractivity contribution in [2.24, 2.45) is 5.41 Å². The van der Waals surface area contributed by atoms with E-state index < -0.39 is 5.41 Å². The van der Waals surface area contributed by atoms with Gasteiger partial charge in [-0.2, -0.15) is 4.98 Å². The third kappa shape index (κ3) is 4.27. The van der Waals surface area contributed by atoms with Crippen LogP contribution in [0.3, 0.4) is 0 Å². The van der Waals surface area contributed by atoms with E-state index in [2.05, 4.69) is 15.3 Å². The van der Waals surface area contributed by atoms with Gasteiger partial charge in [0.1, 0.15) is 17.4 Å². The van der Waals surface area contributed by atoms with Crippen molar-refractivity contribution in [2.75, 3.05) is 5.32 Å². The van der Waals surface area contributed by atoms with Gasteiger partial charge in [-0.1, -0.05) is 20.8 Å². The van der Waals surface area contributed by atoms with Crippen LogP contribution in [-0.2, 0) is 4.79 Å².